The summed E-state index contributed by atoms with van der Waals surface area (Å²) in [5, 5.41) is 3.03. The minimum absolute atomic E-state index is 0.0966. The number of benzene rings is 1. The Labute approximate surface area is 123 Å². The molecule has 0 radical (unpaired) electrons. The van der Waals surface area contributed by atoms with E-state index in [-0.39, 0.29) is 11.9 Å². The molecule has 0 spiro atoms. The van der Waals surface area contributed by atoms with E-state index < -0.39 is 0 Å². The number of carbonyl (C=O) groups is 1. The summed E-state index contributed by atoms with van der Waals surface area (Å²) in [6.45, 7) is 4.27. The molecule has 20 heavy (non-hydrogen) atoms. The van der Waals surface area contributed by atoms with Crippen molar-refractivity contribution in [1.82, 2.24) is 4.98 Å². The second-order valence-electron chi connectivity index (χ2n) is 4.57. The molecule has 0 amide bonds. The van der Waals surface area contributed by atoms with Crippen LogP contribution in [0.2, 0.25) is 0 Å². The summed E-state index contributed by atoms with van der Waals surface area (Å²) in [5.74, 6) is -0.218. The maximum Gasteiger partial charge on any atom is 0.309 e. The highest BCUT2D eigenvalue weighted by atomic mass is 32.1. The molecule has 0 saturated heterocycles. The van der Waals surface area contributed by atoms with Gasteiger partial charge >= 0.3 is 5.97 Å². The van der Waals surface area contributed by atoms with Gasteiger partial charge in [0.25, 0.3) is 0 Å². The number of hydrogen-bond acceptors (Lipinski definition) is 4. The SMILES string of the molecule is CCOC(=O)C(CC)Cc1csc(-c2ccccc2)n1. The predicted molar refractivity (Wildman–Crippen MR) is 81.7 cm³/mol. The van der Waals surface area contributed by atoms with Gasteiger partial charge in [-0.05, 0) is 13.3 Å². The molecule has 1 atom stereocenters. The predicted octanol–water partition coefficient (Wildman–Crippen LogP) is 3.94. The average molecular weight is 289 g/mol. The van der Waals surface area contributed by atoms with Gasteiger partial charge in [-0.3, -0.25) is 4.79 Å². The molecule has 0 fully saturated rings. The summed E-state index contributed by atoms with van der Waals surface area (Å²) >= 11 is 1.62. The molecule has 1 aromatic heterocycles. The maximum absolute atomic E-state index is 11.8. The molecule has 2 rings (SSSR count). The highest BCUT2D eigenvalue weighted by Crippen LogP contribution is 2.25. The van der Waals surface area contributed by atoms with E-state index in [0.717, 1.165) is 22.7 Å². The van der Waals surface area contributed by atoms with Gasteiger partial charge in [0.2, 0.25) is 0 Å². The quantitative estimate of drug-likeness (QED) is 0.756. The zero-order valence-corrected chi connectivity index (χ0v) is 12.7. The Hall–Kier alpha value is -1.68. The van der Waals surface area contributed by atoms with Crippen LogP contribution in [0.15, 0.2) is 35.7 Å². The van der Waals surface area contributed by atoms with E-state index in [1.165, 1.54) is 0 Å². The Morgan fingerprint density at radius 3 is 2.70 bits per heavy atom. The molecule has 1 heterocycles. The van der Waals surface area contributed by atoms with Gasteiger partial charge in [-0.1, -0.05) is 37.3 Å². The third-order valence-electron chi connectivity index (χ3n) is 3.14. The van der Waals surface area contributed by atoms with Crippen LogP contribution in [0.1, 0.15) is 26.0 Å². The number of esters is 1. The molecule has 3 nitrogen and oxygen atoms in total. The summed E-state index contributed by atoms with van der Waals surface area (Å²) in [5.41, 5.74) is 2.08. The molecule has 1 aromatic carbocycles. The van der Waals surface area contributed by atoms with Crippen molar-refractivity contribution >= 4 is 17.3 Å². The van der Waals surface area contributed by atoms with Gasteiger partial charge in [-0.15, -0.1) is 11.3 Å². The summed E-state index contributed by atoms with van der Waals surface area (Å²) in [6.07, 6.45) is 1.43. The molecule has 1 unspecified atom stereocenters. The third-order valence-corrected chi connectivity index (χ3v) is 4.08. The summed E-state index contributed by atoms with van der Waals surface area (Å²) in [7, 11) is 0. The number of nitrogens with zero attached hydrogens (tertiary/aromatic N) is 1. The monoisotopic (exact) mass is 289 g/mol. The van der Waals surface area contributed by atoms with Crippen molar-refractivity contribution in [3.63, 3.8) is 0 Å². The van der Waals surface area contributed by atoms with Crippen molar-refractivity contribution in [1.29, 1.82) is 0 Å². The van der Waals surface area contributed by atoms with Crippen LogP contribution in [0.3, 0.4) is 0 Å². The lowest BCUT2D eigenvalue weighted by Crippen LogP contribution is -2.19. The number of aromatic nitrogens is 1. The van der Waals surface area contributed by atoms with Crippen LogP contribution >= 0.6 is 11.3 Å². The smallest absolute Gasteiger partial charge is 0.309 e. The van der Waals surface area contributed by atoms with E-state index in [0.29, 0.717) is 13.0 Å². The van der Waals surface area contributed by atoms with E-state index in [9.17, 15) is 4.79 Å². The van der Waals surface area contributed by atoms with E-state index in [1.807, 2.05) is 49.6 Å². The molecule has 0 saturated carbocycles. The van der Waals surface area contributed by atoms with Crippen molar-refractivity contribution in [2.45, 2.75) is 26.7 Å². The summed E-state index contributed by atoms with van der Waals surface area (Å²) in [6, 6.07) is 10.1. The fourth-order valence-corrected chi connectivity index (χ4v) is 2.86. The molecule has 0 aliphatic rings. The molecule has 0 bridgehead atoms. The van der Waals surface area contributed by atoms with Crippen LogP contribution in [0.25, 0.3) is 10.6 Å². The normalized spacial score (nSPS) is 12.1. The van der Waals surface area contributed by atoms with Gasteiger partial charge < -0.3 is 4.74 Å². The fourth-order valence-electron chi connectivity index (χ4n) is 2.02. The van der Waals surface area contributed by atoms with Gasteiger partial charge in [0.1, 0.15) is 5.01 Å². The van der Waals surface area contributed by atoms with Crippen LogP contribution in [-0.4, -0.2) is 17.6 Å². The maximum atomic E-state index is 11.8. The second-order valence-corrected chi connectivity index (χ2v) is 5.43. The second kappa shape index (κ2) is 7.20. The van der Waals surface area contributed by atoms with Crippen LogP contribution in [0, 0.1) is 5.92 Å². The largest absolute Gasteiger partial charge is 0.466 e. The summed E-state index contributed by atoms with van der Waals surface area (Å²) in [4.78, 5) is 16.4. The Kier molecular flexibility index (Phi) is 5.30. The van der Waals surface area contributed by atoms with Crippen molar-refractivity contribution in [3.05, 3.63) is 41.4 Å². The van der Waals surface area contributed by atoms with Crippen LogP contribution in [0.5, 0.6) is 0 Å². The van der Waals surface area contributed by atoms with Gasteiger partial charge in [0.05, 0.1) is 18.2 Å². The van der Waals surface area contributed by atoms with Crippen LogP contribution in [0.4, 0.5) is 0 Å². The van der Waals surface area contributed by atoms with E-state index in [2.05, 4.69) is 4.98 Å². The number of thiazole rings is 1. The minimum atomic E-state index is -0.121. The molecule has 2 aromatic rings. The Balaban J connectivity index is 2.07. The van der Waals surface area contributed by atoms with Crippen molar-refractivity contribution in [2.24, 2.45) is 5.92 Å². The van der Waals surface area contributed by atoms with Gasteiger partial charge in [-0.25, -0.2) is 4.98 Å². The van der Waals surface area contributed by atoms with Gasteiger partial charge in [0.15, 0.2) is 0 Å². The third kappa shape index (κ3) is 3.67. The van der Waals surface area contributed by atoms with Crippen LogP contribution < -0.4 is 0 Å². The number of rotatable bonds is 6. The van der Waals surface area contributed by atoms with E-state index in [1.54, 1.807) is 11.3 Å². The Morgan fingerprint density at radius 1 is 1.30 bits per heavy atom. The first-order chi connectivity index (χ1) is 9.74. The molecule has 4 heteroatoms. The van der Waals surface area contributed by atoms with Crippen LogP contribution in [-0.2, 0) is 16.0 Å². The lowest BCUT2D eigenvalue weighted by molar-refractivity contribution is -0.148. The standard InChI is InChI=1S/C16H19NO2S/c1-3-12(16(18)19-4-2)10-14-11-20-15(17-14)13-8-6-5-7-9-13/h5-9,11-12H,3-4,10H2,1-2H3. The molecule has 0 aliphatic carbocycles. The number of hydrogen-bond donors (Lipinski definition) is 0. The van der Waals surface area contributed by atoms with Crippen molar-refractivity contribution in [3.8, 4) is 10.6 Å². The highest BCUT2D eigenvalue weighted by Gasteiger charge is 2.19. The van der Waals surface area contributed by atoms with E-state index >= 15 is 0 Å². The van der Waals surface area contributed by atoms with Gasteiger partial charge in [-0.2, -0.15) is 0 Å². The molecular weight excluding hydrogens is 270 g/mol. The first-order valence-electron chi connectivity index (χ1n) is 6.91. The van der Waals surface area contributed by atoms with Crippen molar-refractivity contribution < 1.29 is 9.53 Å². The number of ether oxygens (including phenoxy) is 1. The topological polar surface area (TPSA) is 39.2 Å². The van der Waals surface area contributed by atoms with Gasteiger partial charge in [0, 0.05) is 17.4 Å². The Morgan fingerprint density at radius 2 is 2.05 bits per heavy atom. The Bertz CT molecular complexity index is 551. The average Bonchev–Trinajstić information content (AvgIpc) is 2.94. The summed E-state index contributed by atoms with van der Waals surface area (Å²) < 4.78 is 5.10. The lowest BCUT2D eigenvalue weighted by Gasteiger charge is -2.11. The molecule has 106 valence electrons. The number of carbonyl (C=O) groups excluding carboxylic acids is 1. The lowest BCUT2D eigenvalue weighted by atomic mass is 10.0. The zero-order valence-electron chi connectivity index (χ0n) is 11.8. The zero-order chi connectivity index (χ0) is 14.4. The first kappa shape index (κ1) is 14.7. The highest BCUT2D eigenvalue weighted by molar-refractivity contribution is 7.13. The molecule has 0 aliphatic heterocycles. The molecule has 0 N–H and O–H groups in total. The van der Waals surface area contributed by atoms with E-state index in [4.69, 9.17) is 4.74 Å². The molecular formula is C16H19NO2S. The first-order valence-corrected chi connectivity index (χ1v) is 7.79. The van der Waals surface area contributed by atoms with Crippen molar-refractivity contribution in [2.75, 3.05) is 6.61 Å². The fraction of sp³-hybridized carbons (Fsp3) is 0.375. The minimum Gasteiger partial charge on any atom is -0.466 e.